The van der Waals surface area contributed by atoms with E-state index in [1.807, 2.05) is 32.6 Å². The topological polar surface area (TPSA) is 115 Å². The van der Waals surface area contributed by atoms with Gasteiger partial charge in [-0.2, -0.15) is 4.98 Å². The van der Waals surface area contributed by atoms with Crippen molar-refractivity contribution in [2.75, 3.05) is 17.7 Å². The zero-order chi connectivity index (χ0) is 24.7. The van der Waals surface area contributed by atoms with Gasteiger partial charge < -0.3 is 14.4 Å². The Labute approximate surface area is 207 Å². The fraction of sp³-hybridized carbons (Fsp3) is 0.619. The van der Waals surface area contributed by atoms with E-state index in [1.54, 1.807) is 4.90 Å². The molecule has 5 rings (SSSR count). The van der Waals surface area contributed by atoms with Crippen LogP contribution in [0.3, 0.4) is 0 Å². The van der Waals surface area contributed by atoms with E-state index in [-0.39, 0.29) is 50.9 Å². The highest BCUT2D eigenvalue weighted by Crippen LogP contribution is 2.46. The number of hydrogen-bond acceptors (Lipinski definition) is 9. The number of fused-ring (bicyclic) bond motifs is 5. The lowest BCUT2D eigenvalue weighted by molar-refractivity contribution is 0.000954. The average Bonchev–Trinajstić information content (AvgIpc) is 2.96. The number of carbonyl (C=O) groups is 1. The van der Waals surface area contributed by atoms with E-state index in [2.05, 4.69) is 15.0 Å². The fourth-order valence-corrected chi connectivity index (χ4v) is 6.01. The number of anilines is 1. The second kappa shape index (κ2) is 7.69. The molecular formula is C21H25Cl2N5O5S. The average molecular weight is 530 g/mol. The van der Waals surface area contributed by atoms with Crippen LogP contribution in [-0.4, -0.2) is 77.0 Å². The summed E-state index contributed by atoms with van der Waals surface area (Å²) in [6, 6.07) is -0.689. The van der Waals surface area contributed by atoms with E-state index in [1.165, 1.54) is 0 Å². The van der Waals surface area contributed by atoms with Gasteiger partial charge in [0, 0.05) is 12.8 Å². The number of aromatic nitrogens is 3. The van der Waals surface area contributed by atoms with Crippen molar-refractivity contribution in [3.63, 3.8) is 0 Å². The molecule has 3 aliphatic heterocycles. The van der Waals surface area contributed by atoms with Gasteiger partial charge in [-0.15, -0.1) is 0 Å². The molecular weight excluding hydrogens is 505 g/mol. The summed E-state index contributed by atoms with van der Waals surface area (Å²) >= 11 is 12.7. The quantitative estimate of drug-likeness (QED) is 0.404. The molecule has 0 saturated carbocycles. The molecule has 5 heterocycles. The number of amides is 1. The van der Waals surface area contributed by atoms with Gasteiger partial charge in [0.2, 0.25) is 20.9 Å². The first-order valence-electron chi connectivity index (χ1n) is 11.0. The van der Waals surface area contributed by atoms with Crippen molar-refractivity contribution in [2.24, 2.45) is 0 Å². The van der Waals surface area contributed by atoms with Crippen LogP contribution in [0.5, 0.6) is 5.88 Å². The van der Waals surface area contributed by atoms with Crippen LogP contribution in [0.2, 0.25) is 10.2 Å². The van der Waals surface area contributed by atoms with Crippen molar-refractivity contribution in [1.82, 2.24) is 19.9 Å². The standard InChI is InChI=1S/C21H25Cl2N5O5S/c1-9-15-11-7-6-10(28(11)20(29)33-21(2,3)4)8-27(15)17-12-14(24-19(26-17)34(5,30)31)13(22)16(23)25-18(12)32-9/h9-11,15H,6-8H2,1-5H3. The van der Waals surface area contributed by atoms with Crippen molar-refractivity contribution in [1.29, 1.82) is 0 Å². The Morgan fingerprint density at radius 3 is 2.53 bits per heavy atom. The Kier molecular flexibility index (Phi) is 5.35. The number of sulfone groups is 1. The summed E-state index contributed by atoms with van der Waals surface area (Å²) in [5, 5.41) is 0.0258. The van der Waals surface area contributed by atoms with Gasteiger partial charge in [-0.3, -0.25) is 4.90 Å². The van der Waals surface area contributed by atoms with Gasteiger partial charge in [0.05, 0.1) is 18.1 Å². The van der Waals surface area contributed by atoms with Crippen molar-refractivity contribution < 1.29 is 22.7 Å². The van der Waals surface area contributed by atoms with E-state index in [0.717, 1.165) is 19.1 Å². The molecule has 184 valence electrons. The third-order valence-electron chi connectivity index (χ3n) is 6.37. The maximum absolute atomic E-state index is 13.1. The number of piperazine rings is 1. The number of carbonyl (C=O) groups excluding carboxylic acids is 1. The van der Waals surface area contributed by atoms with Crippen molar-refractivity contribution >= 4 is 55.9 Å². The highest BCUT2D eigenvalue weighted by molar-refractivity contribution is 7.90. The number of halogens is 2. The molecule has 2 aromatic rings. The smallest absolute Gasteiger partial charge is 0.410 e. The first kappa shape index (κ1) is 23.6. The zero-order valence-electron chi connectivity index (χ0n) is 19.4. The van der Waals surface area contributed by atoms with Gasteiger partial charge in [-0.25, -0.2) is 23.2 Å². The van der Waals surface area contributed by atoms with E-state index in [9.17, 15) is 13.2 Å². The molecule has 0 aliphatic carbocycles. The number of rotatable bonds is 1. The summed E-state index contributed by atoms with van der Waals surface area (Å²) < 4.78 is 36.8. The van der Waals surface area contributed by atoms with Crippen LogP contribution >= 0.6 is 23.2 Å². The van der Waals surface area contributed by atoms with Crippen LogP contribution in [-0.2, 0) is 14.6 Å². The summed E-state index contributed by atoms with van der Waals surface area (Å²) in [7, 11) is -3.76. The Bertz CT molecular complexity index is 1320. The SMILES string of the molecule is CC1Oc2nc(Cl)c(Cl)c3nc(S(C)(=O)=O)nc(c23)N2CC3CCC(C12)N3C(=O)OC(C)(C)C. The summed E-state index contributed by atoms with van der Waals surface area (Å²) in [5.41, 5.74) is -0.465. The van der Waals surface area contributed by atoms with Crippen LogP contribution in [0.1, 0.15) is 40.5 Å². The normalized spacial score (nSPS) is 26.2. The van der Waals surface area contributed by atoms with Crippen molar-refractivity contribution in [3.05, 3.63) is 10.2 Å². The Morgan fingerprint density at radius 2 is 1.88 bits per heavy atom. The second-order valence-electron chi connectivity index (χ2n) is 10.00. The van der Waals surface area contributed by atoms with Gasteiger partial charge >= 0.3 is 6.09 Å². The first-order valence-corrected chi connectivity index (χ1v) is 13.6. The fourth-order valence-electron chi connectivity index (χ4n) is 5.16. The van der Waals surface area contributed by atoms with Crippen molar-refractivity contribution in [2.45, 2.75) is 75.5 Å². The van der Waals surface area contributed by atoms with Gasteiger partial charge in [-0.1, -0.05) is 23.2 Å². The number of ether oxygens (including phenoxy) is 2. The summed E-state index contributed by atoms with van der Waals surface area (Å²) in [6.45, 7) is 7.81. The second-order valence-corrected chi connectivity index (χ2v) is 12.6. The minimum Gasteiger partial charge on any atom is -0.472 e. The lowest BCUT2D eigenvalue weighted by Gasteiger charge is -2.48. The summed E-state index contributed by atoms with van der Waals surface area (Å²) in [6.07, 6.45) is 1.76. The van der Waals surface area contributed by atoms with E-state index < -0.39 is 21.5 Å². The van der Waals surface area contributed by atoms with Crippen LogP contribution in [0, 0.1) is 0 Å². The van der Waals surface area contributed by atoms with E-state index in [4.69, 9.17) is 32.7 Å². The Balaban J connectivity index is 1.69. The highest BCUT2D eigenvalue weighted by atomic mass is 35.5. The molecule has 10 nitrogen and oxygen atoms in total. The molecule has 4 atom stereocenters. The third-order valence-corrected chi connectivity index (χ3v) is 7.94. The molecule has 34 heavy (non-hydrogen) atoms. The number of hydrogen-bond donors (Lipinski definition) is 0. The lowest BCUT2D eigenvalue weighted by Crippen LogP contribution is -2.65. The van der Waals surface area contributed by atoms with Gasteiger partial charge in [0.1, 0.15) is 33.4 Å². The zero-order valence-corrected chi connectivity index (χ0v) is 21.7. The maximum atomic E-state index is 13.1. The van der Waals surface area contributed by atoms with Crippen LogP contribution in [0.15, 0.2) is 5.16 Å². The minimum atomic E-state index is -3.76. The van der Waals surface area contributed by atoms with Crippen LogP contribution < -0.4 is 9.64 Å². The molecule has 4 unspecified atom stereocenters. The molecule has 0 spiro atoms. The molecule has 2 aromatic heterocycles. The summed E-state index contributed by atoms with van der Waals surface area (Å²) in [4.78, 5) is 29.9. The van der Waals surface area contributed by atoms with Crippen LogP contribution in [0.25, 0.3) is 10.9 Å². The molecule has 1 amide bonds. The van der Waals surface area contributed by atoms with Gasteiger partial charge in [-0.05, 0) is 40.5 Å². The Hall–Kier alpha value is -2.11. The molecule has 0 radical (unpaired) electrons. The molecule has 3 aliphatic rings. The largest absolute Gasteiger partial charge is 0.472 e. The molecule has 2 saturated heterocycles. The van der Waals surface area contributed by atoms with Gasteiger partial charge in [0.15, 0.2) is 5.15 Å². The summed E-state index contributed by atoms with van der Waals surface area (Å²) in [5.74, 6) is 0.544. The van der Waals surface area contributed by atoms with E-state index >= 15 is 0 Å². The highest BCUT2D eigenvalue weighted by Gasteiger charge is 2.53. The lowest BCUT2D eigenvalue weighted by atomic mass is 9.98. The number of pyridine rings is 1. The predicted octanol–water partition coefficient (Wildman–Crippen LogP) is 3.47. The van der Waals surface area contributed by atoms with E-state index in [0.29, 0.717) is 17.7 Å². The van der Waals surface area contributed by atoms with Crippen molar-refractivity contribution in [3.8, 4) is 5.88 Å². The monoisotopic (exact) mass is 529 g/mol. The first-order chi connectivity index (χ1) is 15.8. The molecule has 13 heteroatoms. The minimum absolute atomic E-state index is 0.0269. The third kappa shape index (κ3) is 3.72. The molecule has 2 bridgehead atoms. The molecule has 0 aromatic carbocycles. The number of nitrogens with zero attached hydrogens (tertiary/aromatic N) is 5. The van der Waals surface area contributed by atoms with Gasteiger partial charge in [0.25, 0.3) is 0 Å². The predicted molar refractivity (Wildman–Crippen MR) is 127 cm³/mol. The molecule has 0 N–H and O–H groups in total. The maximum Gasteiger partial charge on any atom is 0.410 e. The Morgan fingerprint density at radius 1 is 1.18 bits per heavy atom. The van der Waals surface area contributed by atoms with Crippen LogP contribution in [0.4, 0.5) is 10.6 Å². The molecule has 2 fully saturated rings.